The van der Waals surface area contributed by atoms with Crippen LogP contribution in [0.5, 0.6) is 0 Å². The summed E-state index contributed by atoms with van der Waals surface area (Å²) in [5.74, 6) is -1.00. The second-order valence-electron chi connectivity index (χ2n) is 6.00. The molecule has 10 heteroatoms. The van der Waals surface area contributed by atoms with Crippen molar-refractivity contribution in [2.24, 2.45) is 0 Å². The zero-order chi connectivity index (χ0) is 20.4. The van der Waals surface area contributed by atoms with Crippen LogP contribution in [-0.4, -0.2) is 31.4 Å². The molecule has 1 atom stereocenters. The monoisotopic (exact) mass is 410 g/mol. The van der Waals surface area contributed by atoms with Crippen LogP contribution in [0, 0.1) is 0 Å². The van der Waals surface area contributed by atoms with Gasteiger partial charge in [-0.25, -0.2) is 0 Å². The topological polar surface area (TPSA) is 32.3 Å². The number of amides is 1. The number of thiophene rings is 1. The number of hydrogen-bond acceptors (Lipinski definition) is 3. The fourth-order valence-electron chi connectivity index (χ4n) is 2.40. The molecule has 0 fully saturated rings. The predicted octanol–water partition coefficient (Wildman–Crippen LogP) is 4.82. The first-order valence-electron chi connectivity index (χ1n) is 7.67. The minimum Gasteiger partial charge on any atom is -0.350 e. The van der Waals surface area contributed by atoms with Crippen molar-refractivity contribution in [3.8, 4) is 0 Å². The van der Waals surface area contributed by atoms with Gasteiger partial charge in [0.15, 0.2) is 0 Å². The van der Waals surface area contributed by atoms with E-state index in [1.54, 1.807) is 25.1 Å². The third kappa shape index (κ3) is 5.46. The van der Waals surface area contributed by atoms with E-state index >= 15 is 0 Å². The zero-order valence-corrected chi connectivity index (χ0v) is 15.1. The maximum absolute atomic E-state index is 12.9. The highest BCUT2D eigenvalue weighted by atomic mass is 32.1. The molecule has 0 spiro atoms. The van der Waals surface area contributed by atoms with Crippen LogP contribution in [0.1, 0.15) is 32.4 Å². The van der Waals surface area contributed by atoms with Crippen molar-refractivity contribution in [3.63, 3.8) is 0 Å². The Kier molecular flexibility index (Phi) is 6.21. The standard InChI is InChI=1S/C17H16F6N2OS/c1-25(2)13(14-4-3-5-27-14)9-24-15(26)10-6-11(16(18,19)20)8-12(7-10)17(21,22)23/h3-8,13H,9H2,1-2H3,(H,24,26). The van der Waals surface area contributed by atoms with Crippen molar-refractivity contribution < 1.29 is 31.1 Å². The number of alkyl halides is 6. The Hall–Kier alpha value is -2.07. The van der Waals surface area contributed by atoms with E-state index in [2.05, 4.69) is 5.32 Å². The van der Waals surface area contributed by atoms with Crippen molar-refractivity contribution in [3.05, 3.63) is 57.3 Å². The Balaban J connectivity index is 2.27. The molecule has 0 aliphatic carbocycles. The van der Waals surface area contributed by atoms with Crippen molar-refractivity contribution in [1.82, 2.24) is 10.2 Å². The van der Waals surface area contributed by atoms with E-state index < -0.39 is 35.0 Å². The molecule has 27 heavy (non-hydrogen) atoms. The Morgan fingerprint density at radius 2 is 1.63 bits per heavy atom. The molecule has 1 N–H and O–H groups in total. The molecule has 0 radical (unpaired) electrons. The summed E-state index contributed by atoms with van der Waals surface area (Å²) in [6.07, 6.45) is -10.0. The fourth-order valence-corrected chi connectivity index (χ4v) is 3.32. The van der Waals surface area contributed by atoms with Gasteiger partial charge in [-0.15, -0.1) is 11.3 Å². The Morgan fingerprint density at radius 3 is 2.04 bits per heavy atom. The van der Waals surface area contributed by atoms with Gasteiger partial charge in [0, 0.05) is 17.0 Å². The van der Waals surface area contributed by atoms with Crippen LogP contribution in [0.3, 0.4) is 0 Å². The van der Waals surface area contributed by atoms with E-state index in [4.69, 9.17) is 0 Å². The highest BCUT2D eigenvalue weighted by Gasteiger charge is 2.37. The zero-order valence-electron chi connectivity index (χ0n) is 14.3. The Bertz CT molecular complexity index is 751. The molecule has 2 rings (SSSR count). The maximum atomic E-state index is 12.9. The summed E-state index contributed by atoms with van der Waals surface area (Å²) >= 11 is 1.43. The number of nitrogens with one attached hydrogen (secondary N) is 1. The molecule has 148 valence electrons. The van der Waals surface area contributed by atoms with Gasteiger partial charge < -0.3 is 10.2 Å². The first kappa shape index (κ1) is 21.2. The van der Waals surface area contributed by atoms with Gasteiger partial charge in [-0.1, -0.05) is 6.07 Å². The van der Waals surface area contributed by atoms with Gasteiger partial charge in [0.2, 0.25) is 0 Å². The molecule has 1 unspecified atom stereocenters. The smallest absolute Gasteiger partial charge is 0.350 e. The summed E-state index contributed by atoms with van der Waals surface area (Å²) in [5, 5.41) is 4.25. The first-order chi connectivity index (χ1) is 12.4. The summed E-state index contributed by atoms with van der Waals surface area (Å²) in [5.41, 5.74) is -3.74. The minimum atomic E-state index is -5.00. The van der Waals surface area contributed by atoms with Crippen LogP contribution in [0.15, 0.2) is 35.7 Å². The summed E-state index contributed by atoms with van der Waals surface area (Å²) in [6, 6.07) is 4.20. The molecular weight excluding hydrogens is 394 g/mol. The molecule has 1 heterocycles. The summed E-state index contributed by atoms with van der Waals surface area (Å²) in [7, 11) is 3.51. The van der Waals surface area contributed by atoms with Gasteiger partial charge in [0.1, 0.15) is 0 Å². The number of benzene rings is 1. The lowest BCUT2D eigenvalue weighted by atomic mass is 10.0. The quantitative estimate of drug-likeness (QED) is 0.717. The first-order valence-corrected chi connectivity index (χ1v) is 8.55. The van der Waals surface area contributed by atoms with Crippen LogP contribution in [0.4, 0.5) is 26.3 Å². The van der Waals surface area contributed by atoms with Gasteiger partial charge >= 0.3 is 12.4 Å². The highest BCUT2D eigenvalue weighted by Crippen LogP contribution is 2.36. The van der Waals surface area contributed by atoms with Crippen LogP contribution in [0.25, 0.3) is 0 Å². The summed E-state index contributed by atoms with van der Waals surface area (Å²) in [6.45, 7) is 0.0317. The fraction of sp³-hybridized carbons (Fsp3) is 0.353. The number of nitrogens with zero attached hydrogens (tertiary/aromatic N) is 1. The molecule has 0 saturated heterocycles. The van der Waals surface area contributed by atoms with Gasteiger partial charge in [-0.05, 0) is 43.7 Å². The third-order valence-corrected chi connectivity index (χ3v) is 4.77. The van der Waals surface area contributed by atoms with Crippen LogP contribution in [0.2, 0.25) is 0 Å². The van der Waals surface area contributed by atoms with Crippen molar-refractivity contribution in [1.29, 1.82) is 0 Å². The molecule has 3 nitrogen and oxygen atoms in total. The number of carbonyl (C=O) groups excluding carboxylic acids is 1. The molecule has 0 aliphatic heterocycles. The van der Waals surface area contributed by atoms with Crippen molar-refractivity contribution >= 4 is 17.2 Å². The number of halogens is 6. The minimum absolute atomic E-state index is 0.00888. The molecule has 1 amide bonds. The average Bonchev–Trinajstić information content (AvgIpc) is 3.06. The Morgan fingerprint density at radius 1 is 1.07 bits per heavy atom. The van der Waals surface area contributed by atoms with E-state index in [9.17, 15) is 31.1 Å². The summed E-state index contributed by atoms with van der Waals surface area (Å²) in [4.78, 5) is 14.9. The van der Waals surface area contributed by atoms with E-state index in [0.717, 1.165) is 4.88 Å². The largest absolute Gasteiger partial charge is 0.416 e. The molecule has 0 aliphatic rings. The van der Waals surface area contributed by atoms with Crippen LogP contribution < -0.4 is 5.32 Å². The molecular formula is C17H16F6N2OS. The van der Waals surface area contributed by atoms with E-state index in [-0.39, 0.29) is 18.7 Å². The van der Waals surface area contributed by atoms with Gasteiger partial charge in [-0.2, -0.15) is 26.3 Å². The molecule has 0 saturated carbocycles. The molecule has 0 bridgehead atoms. The van der Waals surface area contributed by atoms with Crippen molar-refractivity contribution in [2.45, 2.75) is 18.4 Å². The number of carbonyl (C=O) groups is 1. The predicted molar refractivity (Wildman–Crippen MR) is 89.5 cm³/mol. The number of hydrogen-bond donors (Lipinski definition) is 1. The number of likely N-dealkylation sites (N-methyl/N-ethyl adjacent to an activating group) is 1. The lowest BCUT2D eigenvalue weighted by Crippen LogP contribution is -2.34. The lowest BCUT2D eigenvalue weighted by molar-refractivity contribution is -0.143. The number of rotatable bonds is 5. The lowest BCUT2D eigenvalue weighted by Gasteiger charge is -2.23. The van der Waals surface area contributed by atoms with Gasteiger partial charge in [0.25, 0.3) is 5.91 Å². The van der Waals surface area contributed by atoms with E-state index in [1.165, 1.54) is 11.3 Å². The third-order valence-electron chi connectivity index (χ3n) is 3.80. The SMILES string of the molecule is CN(C)C(CNC(=O)c1cc(C(F)(F)F)cc(C(F)(F)F)c1)c1cccs1. The summed E-state index contributed by atoms with van der Waals surface area (Å²) < 4.78 is 77.4. The molecule has 1 aromatic heterocycles. The van der Waals surface area contributed by atoms with E-state index in [0.29, 0.717) is 12.1 Å². The average molecular weight is 410 g/mol. The highest BCUT2D eigenvalue weighted by molar-refractivity contribution is 7.10. The molecule has 2 aromatic rings. The van der Waals surface area contributed by atoms with E-state index in [1.807, 2.05) is 11.4 Å². The van der Waals surface area contributed by atoms with Crippen molar-refractivity contribution in [2.75, 3.05) is 20.6 Å². The van der Waals surface area contributed by atoms with Gasteiger partial charge in [0.05, 0.1) is 17.2 Å². The Labute approximate surface area is 155 Å². The normalized spacial score (nSPS) is 13.7. The second kappa shape index (κ2) is 7.89. The van der Waals surface area contributed by atoms with Crippen LogP contribution >= 0.6 is 11.3 Å². The van der Waals surface area contributed by atoms with Gasteiger partial charge in [-0.3, -0.25) is 4.79 Å². The maximum Gasteiger partial charge on any atom is 0.416 e. The molecule has 1 aromatic carbocycles. The van der Waals surface area contributed by atoms with Crippen LogP contribution in [-0.2, 0) is 12.4 Å². The second-order valence-corrected chi connectivity index (χ2v) is 6.98.